The van der Waals surface area contributed by atoms with Crippen LogP contribution >= 0.6 is 0 Å². The lowest BCUT2D eigenvalue weighted by Crippen LogP contribution is -2.33. The molecule has 148 valence electrons. The Kier molecular flexibility index (Phi) is 7.32. The molecule has 0 radical (unpaired) electrons. The fraction of sp³-hybridized carbons (Fsp3) is 0.318. The molecule has 28 heavy (non-hydrogen) atoms. The monoisotopic (exact) mass is 382 g/mol. The molecule has 0 aliphatic rings. The molecule has 0 unspecified atom stereocenters. The first-order valence-corrected chi connectivity index (χ1v) is 9.24. The van der Waals surface area contributed by atoms with Gasteiger partial charge in [0.05, 0.1) is 17.9 Å². The van der Waals surface area contributed by atoms with Crippen LogP contribution in [0.4, 0.5) is 11.4 Å². The molecule has 0 aliphatic carbocycles. The molecule has 0 spiro atoms. The van der Waals surface area contributed by atoms with Gasteiger partial charge in [0.15, 0.2) is 0 Å². The number of amides is 2. The maximum Gasteiger partial charge on any atom is 0.340 e. The van der Waals surface area contributed by atoms with Gasteiger partial charge in [0, 0.05) is 25.6 Å². The molecule has 0 saturated heterocycles. The summed E-state index contributed by atoms with van der Waals surface area (Å²) in [6, 6.07) is 12.5. The number of benzene rings is 2. The van der Waals surface area contributed by atoms with Crippen LogP contribution in [-0.2, 0) is 14.3 Å². The predicted molar refractivity (Wildman–Crippen MR) is 110 cm³/mol. The van der Waals surface area contributed by atoms with Gasteiger partial charge >= 0.3 is 5.97 Å². The van der Waals surface area contributed by atoms with Crippen LogP contribution < -0.4 is 10.2 Å². The van der Waals surface area contributed by atoms with E-state index in [9.17, 15) is 14.4 Å². The molecule has 2 aromatic carbocycles. The minimum absolute atomic E-state index is 0.101. The summed E-state index contributed by atoms with van der Waals surface area (Å²) in [5.74, 6) is -0.954. The third-order valence-corrected chi connectivity index (χ3v) is 4.14. The van der Waals surface area contributed by atoms with E-state index in [1.54, 1.807) is 31.2 Å². The molecule has 0 aromatic heterocycles. The minimum atomic E-state index is -0.496. The molecule has 0 aliphatic heterocycles. The summed E-state index contributed by atoms with van der Waals surface area (Å²) in [7, 11) is 0. The summed E-state index contributed by atoms with van der Waals surface area (Å²) in [5, 5.41) is 2.86. The number of esters is 1. The largest absolute Gasteiger partial charge is 0.462 e. The number of nitrogens with one attached hydrogen (secondary N) is 1. The maximum absolute atomic E-state index is 12.4. The highest BCUT2D eigenvalue weighted by Gasteiger charge is 2.20. The fourth-order valence-corrected chi connectivity index (χ4v) is 3.02. The third kappa shape index (κ3) is 5.67. The van der Waals surface area contributed by atoms with E-state index in [2.05, 4.69) is 5.32 Å². The summed E-state index contributed by atoms with van der Waals surface area (Å²) in [5.41, 5.74) is 3.58. The first-order valence-electron chi connectivity index (χ1n) is 9.24. The van der Waals surface area contributed by atoms with Crippen LogP contribution in [0, 0.1) is 13.8 Å². The fourth-order valence-electron chi connectivity index (χ4n) is 3.02. The number of ether oxygens (including phenoxy) is 1. The van der Waals surface area contributed by atoms with Gasteiger partial charge in [0.2, 0.25) is 11.8 Å². The van der Waals surface area contributed by atoms with E-state index >= 15 is 0 Å². The van der Waals surface area contributed by atoms with E-state index in [1.165, 1.54) is 11.8 Å². The van der Waals surface area contributed by atoms with E-state index < -0.39 is 5.97 Å². The van der Waals surface area contributed by atoms with Crippen molar-refractivity contribution in [1.82, 2.24) is 0 Å². The lowest BCUT2D eigenvalue weighted by Gasteiger charge is -2.23. The maximum atomic E-state index is 12.4. The first-order chi connectivity index (χ1) is 13.3. The molecule has 0 atom stereocenters. The van der Waals surface area contributed by atoms with Crippen LogP contribution in [0.25, 0.3) is 0 Å². The third-order valence-electron chi connectivity index (χ3n) is 4.14. The normalized spacial score (nSPS) is 10.3. The van der Waals surface area contributed by atoms with Crippen molar-refractivity contribution in [2.24, 2.45) is 0 Å². The van der Waals surface area contributed by atoms with Crippen LogP contribution in [0.1, 0.15) is 41.8 Å². The van der Waals surface area contributed by atoms with E-state index in [0.29, 0.717) is 11.3 Å². The Bertz CT molecular complexity index is 856. The molecule has 1 N–H and O–H groups in total. The molecule has 0 fully saturated rings. The quantitative estimate of drug-likeness (QED) is 0.738. The van der Waals surface area contributed by atoms with Gasteiger partial charge < -0.3 is 15.0 Å². The molecule has 0 heterocycles. The van der Waals surface area contributed by atoms with E-state index in [-0.39, 0.29) is 31.4 Å². The molecule has 0 saturated carbocycles. The van der Waals surface area contributed by atoms with Gasteiger partial charge in [-0.15, -0.1) is 0 Å². The van der Waals surface area contributed by atoms with Crippen molar-refractivity contribution in [3.63, 3.8) is 0 Å². The summed E-state index contributed by atoms with van der Waals surface area (Å²) in [4.78, 5) is 38.2. The van der Waals surface area contributed by atoms with Gasteiger partial charge in [-0.1, -0.05) is 18.2 Å². The number of nitrogens with zero attached hydrogens (tertiary/aromatic N) is 1. The van der Waals surface area contributed by atoms with E-state index in [0.717, 1.165) is 16.8 Å². The van der Waals surface area contributed by atoms with Gasteiger partial charge in [-0.25, -0.2) is 4.79 Å². The lowest BCUT2D eigenvalue weighted by molar-refractivity contribution is -0.117. The molecule has 2 aromatic rings. The lowest BCUT2D eigenvalue weighted by atomic mass is 10.1. The number of hydrogen-bond acceptors (Lipinski definition) is 4. The Morgan fingerprint density at radius 2 is 1.68 bits per heavy atom. The number of hydrogen-bond donors (Lipinski definition) is 1. The first kappa shape index (κ1) is 21.2. The second-order valence-electron chi connectivity index (χ2n) is 6.58. The molecular formula is C22H26N2O4. The minimum Gasteiger partial charge on any atom is -0.462 e. The smallest absolute Gasteiger partial charge is 0.340 e. The zero-order chi connectivity index (χ0) is 20.7. The Labute approximate surface area is 165 Å². The number of carbonyl (C=O) groups is 3. The summed E-state index contributed by atoms with van der Waals surface area (Å²) < 4.78 is 5.07. The van der Waals surface area contributed by atoms with Gasteiger partial charge in [0.25, 0.3) is 0 Å². The van der Waals surface area contributed by atoms with Crippen LogP contribution in [-0.4, -0.2) is 30.9 Å². The van der Waals surface area contributed by atoms with Gasteiger partial charge in [-0.05, 0) is 56.2 Å². The summed E-state index contributed by atoms with van der Waals surface area (Å²) in [6.45, 7) is 7.46. The van der Waals surface area contributed by atoms with Crippen LogP contribution in [0.15, 0.2) is 42.5 Å². The summed E-state index contributed by atoms with van der Waals surface area (Å²) in [6.07, 6.45) is 0.101. The second-order valence-corrected chi connectivity index (χ2v) is 6.58. The van der Waals surface area contributed by atoms with Crippen LogP contribution in [0.5, 0.6) is 0 Å². The predicted octanol–water partition coefficient (Wildman–Crippen LogP) is 3.86. The van der Waals surface area contributed by atoms with Crippen molar-refractivity contribution < 1.29 is 19.1 Å². The van der Waals surface area contributed by atoms with Gasteiger partial charge in [-0.2, -0.15) is 0 Å². The topological polar surface area (TPSA) is 75.7 Å². The highest BCUT2D eigenvalue weighted by atomic mass is 16.5. The Balaban J connectivity index is 2.13. The SMILES string of the molecule is CCOC(=O)c1ccccc1N(CCC(=O)Nc1cc(C)cc(C)c1)C(C)=O. The number of para-hydroxylation sites is 1. The van der Waals surface area contributed by atoms with Crippen molar-refractivity contribution in [3.8, 4) is 0 Å². The zero-order valence-corrected chi connectivity index (χ0v) is 16.7. The van der Waals surface area contributed by atoms with Crippen molar-refractivity contribution in [1.29, 1.82) is 0 Å². The number of aryl methyl sites for hydroxylation is 2. The highest BCUT2D eigenvalue weighted by molar-refractivity contribution is 6.02. The number of carbonyl (C=O) groups excluding carboxylic acids is 3. The molecule has 0 bridgehead atoms. The average molecular weight is 382 g/mol. The molecule has 2 rings (SSSR count). The van der Waals surface area contributed by atoms with E-state index in [1.807, 2.05) is 32.0 Å². The average Bonchev–Trinajstić information content (AvgIpc) is 2.61. The standard InChI is InChI=1S/C22H26N2O4/c1-5-28-22(27)19-8-6-7-9-20(19)24(17(4)25)11-10-21(26)23-18-13-15(2)12-16(3)14-18/h6-9,12-14H,5,10-11H2,1-4H3,(H,23,26). The Hall–Kier alpha value is -3.15. The van der Waals surface area contributed by atoms with Crippen molar-refractivity contribution in [2.75, 3.05) is 23.4 Å². The van der Waals surface area contributed by atoms with Gasteiger partial charge in [-0.3, -0.25) is 9.59 Å². The molecule has 2 amide bonds. The Morgan fingerprint density at radius 1 is 1.04 bits per heavy atom. The molecule has 6 nitrogen and oxygen atoms in total. The van der Waals surface area contributed by atoms with Crippen molar-refractivity contribution in [3.05, 3.63) is 59.2 Å². The molecule has 6 heteroatoms. The van der Waals surface area contributed by atoms with Crippen molar-refractivity contribution in [2.45, 2.75) is 34.1 Å². The van der Waals surface area contributed by atoms with Crippen molar-refractivity contribution >= 4 is 29.2 Å². The summed E-state index contributed by atoms with van der Waals surface area (Å²) >= 11 is 0. The number of rotatable bonds is 7. The van der Waals surface area contributed by atoms with E-state index in [4.69, 9.17) is 4.74 Å². The Morgan fingerprint density at radius 3 is 2.29 bits per heavy atom. The van der Waals surface area contributed by atoms with Crippen LogP contribution in [0.3, 0.4) is 0 Å². The van der Waals surface area contributed by atoms with Crippen LogP contribution in [0.2, 0.25) is 0 Å². The second kappa shape index (κ2) is 9.69. The number of anilines is 2. The zero-order valence-electron chi connectivity index (χ0n) is 16.7. The highest BCUT2D eigenvalue weighted by Crippen LogP contribution is 2.22. The molecular weight excluding hydrogens is 356 g/mol. The van der Waals surface area contributed by atoms with Gasteiger partial charge in [0.1, 0.15) is 0 Å².